The number of Topliss-reactive ketones (excluding diaryl/α,β-unsaturated/α-hetero) is 2. The lowest BCUT2D eigenvalue weighted by atomic mass is 10.0. The van der Waals surface area contributed by atoms with Gasteiger partial charge in [-0.1, -0.05) is 60.7 Å². The van der Waals surface area contributed by atoms with Crippen LogP contribution in [0.3, 0.4) is 0 Å². The van der Waals surface area contributed by atoms with Gasteiger partial charge in [0.25, 0.3) is 0 Å². The van der Waals surface area contributed by atoms with Crippen LogP contribution in [0.2, 0.25) is 0 Å². The lowest BCUT2D eigenvalue weighted by molar-refractivity contribution is 0.0894. The average Bonchev–Trinajstić information content (AvgIpc) is 2.40. The fourth-order valence-corrected chi connectivity index (χ4v) is 1.60. The lowest BCUT2D eigenvalue weighted by Gasteiger charge is -2.00. The molecular formula is C15H12AlO2. The summed E-state index contributed by atoms with van der Waals surface area (Å²) in [6, 6.07) is 17.7. The molecule has 0 saturated heterocycles. The Hall–Kier alpha value is -1.69. The van der Waals surface area contributed by atoms with Gasteiger partial charge in [-0.05, 0) is 0 Å². The van der Waals surface area contributed by atoms with Crippen molar-refractivity contribution >= 4 is 28.9 Å². The molecule has 0 atom stereocenters. The van der Waals surface area contributed by atoms with Gasteiger partial charge in [-0.15, -0.1) is 0 Å². The number of benzene rings is 2. The molecule has 3 radical (unpaired) electrons. The zero-order chi connectivity index (χ0) is 12.1. The summed E-state index contributed by atoms with van der Waals surface area (Å²) >= 11 is 0. The molecule has 0 unspecified atom stereocenters. The van der Waals surface area contributed by atoms with Gasteiger partial charge < -0.3 is 0 Å². The first-order chi connectivity index (χ1) is 8.27. The van der Waals surface area contributed by atoms with Gasteiger partial charge in [-0.25, -0.2) is 0 Å². The van der Waals surface area contributed by atoms with E-state index < -0.39 is 0 Å². The van der Waals surface area contributed by atoms with Crippen LogP contribution >= 0.6 is 0 Å². The minimum Gasteiger partial charge on any atom is -0.294 e. The summed E-state index contributed by atoms with van der Waals surface area (Å²) in [4.78, 5) is 23.6. The maximum absolute atomic E-state index is 11.8. The van der Waals surface area contributed by atoms with Crippen molar-refractivity contribution in [3.05, 3.63) is 71.8 Å². The van der Waals surface area contributed by atoms with Crippen LogP contribution in [0.25, 0.3) is 0 Å². The van der Waals surface area contributed by atoms with Gasteiger partial charge in [-0.3, -0.25) is 9.59 Å². The fourth-order valence-electron chi connectivity index (χ4n) is 1.60. The fraction of sp³-hybridized carbons (Fsp3) is 0.0667. The lowest BCUT2D eigenvalue weighted by Crippen LogP contribution is -2.08. The topological polar surface area (TPSA) is 34.1 Å². The van der Waals surface area contributed by atoms with Crippen molar-refractivity contribution in [2.24, 2.45) is 0 Å². The predicted octanol–water partition coefficient (Wildman–Crippen LogP) is 2.76. The summed E-state index contributed by atoms with van der Waals surface area (Å²) in [5, 5.41) is 0. The third-order valence-electron chi connectivity index (χ3n) is 2.51. The number of hydrogen-bond acceptors (Lipinski definition) is 2. The van der Waals surface area contributed by atoms with E-state index in [1.807, 2.05) is 12.1 Å². The molecule has 87 valence electrons. The first kappa shape index (κ1) is 14.4. The van der Waals surface area contributed by atoms with E-state index in [-0.39, 0.29) is 35.3 Å². The van der Waals surface area contributed by atoms with Crippen LogP contribution in [0, 0.1) is 0 Å². The predicted molar refractivity (Wildman–Crippen MR) is 71.9 cm³/mol. The van der Waals surface area contributed by atoms with Gasteiger partial charge in [0.15, 0.2) is 11.6 Å². The third kappa shape index (κ3) is 3.66. The SMILES string of the molecule is O=C(CC(=O)c1ccccc1)c1ccccc1.[Al]. The Morgan fingerprint density at radius 2 is 1.00 bits per heavy atom. The van der Waals surface area contributed by atoms with Crippen molar-refractivity contribution in [3.8, 4) is 0 Å². The molecule has 0 heterocycles. The van der Waals surface area contributed by atoms with E-state index in [1.54, 1.807) is 48.5 Å². The molecule has 0 N–H and O–H groups in total. The molecule has 0 aliphatic rings. The first-order valence-corrected chi connectivity index (χ1v) is 5.44. The zero-order valence-corrected chi connectivity index (χ0v) is 11.0. The van der Waals surface area contributed by atoms with E-state index in [0.717, 1.165) is 0 Å². The van der Waals surface area contributed by atoms with Gasteiger partial charge in [-0.2, -0.15) is 0 Å². The summed E-state index contributed by atoms with van der Waals surface area (Å²) in [7, 11) is 0. The highest BCUT2D eigenvalue weighted by Gasteiger charge is 2.12. The van der Waals surface area contributed by atoms with Crippen LogP contribution in [-0.2, 0) is 0 Å². The second-order valence-corrected chi connectivity index (χ2v) is 3.76. The van der Waals surface area contributed by atoms with Crippen molar-refractivity contribution < 1.29 is 9.59 Å². The summed E-state index contributed by atoms with van der Waals surface area (Å²) in [6.45, 7) is 0. The van der Waals surface area contributed by atoms with E-state index in [0.29, 0.717) is 11.1 Å². The second kappa shape index (κ2) is 6.91. The Bertz CT molecular complexity index is 471. The first-order valence-electron chi connectivity index (χ1n) is 5.44. The van der Waals surface area contributed by atoms with Crippen molar-refractivity contribution in [3.63, 3.8) is 0 Å². The minimum atomic E-state index is -0.139. The van der Waals surface area contributed by atoms with Crippen LogP contribution in [0.15, 0.2) is 60.7 Å². The molecule has 2 nitrogen and oxygen atoms in total. The number of ketones is 2. The van der Waals surface area contributed by atoms with Crippen LogP contribution in [0.1, 0.15) is 27.1 Å². The Morgan fingerprint density at radius 1 is 0.667 bits per heavy atom. The Balaban J connectivity index is 0.00000162. The van der Waals surface area contributed by atoms with Crippen LogP contribution < -0.4 is 0 Å². The zero-order valence-electron chi connectivity index (χ0n) is 9.87. The molecule has 0 bridgehead atoms. The molecular weight excluding hydrogens is 239 g/mol. The van der Waals surface area contributed by atoms with E-state index in [1.165, 1.54) is 0 Å². The van der Waals surface area contributed by atoms with Crippen molar-refractivity contribution in [1.29, 1.82) is 0 Å². The average molecular weight is 251 g/mol. The van der Waals surface area contributed by atoms with Gasteiger partial charge in [0, 0.05) is 28.5 Å². The maximum atomic E-state index is 11.8. The molecule has 0 aromatic heterocycles. The molecule has 0 spiro atoms. The quantitative estimate of drug-likeness (QED) is 0.475. The second-order valence-electron chi connectivity index (χ2n) is 3.76. The summed E-state index contributed by atoms with van der Waals surface area (Å²) in [5.74, 6) is -0.279. The van der Waals surface area contributed by atoms with E-state index in [2.05, 4.69) is 0 Å². The monoisotopic (exact) mass is 251 g/mol. The molecule has 0 amide bonds. The largest absolute Gasteiger partial charge is 0.294 e. The summed E-state index contributed by atoms with van der Waals surface area (Å²) in [5.41, 5.74) is 1.16. The molecule has 0 aliphatic carbocycles. The van der Waals surface area contributed by atoms with Crippen molar-refractivity contribution in [1.82, 2.24) is 0 Å². The Morgan fingerprint density at radius 3 is 1.33 bits per heavy atom. The van der Waals surface area contributed by atoms with Crippen molar-refractivity contribution in [2.75, 3.05) is 0 Å². The molecule has 3 heteroatoms. The van der Waals surface area contributed by atoms with Crippen LogP contribution in [-0.4, -0.2) is 28.9 Å². The van der Waals surface area contributed by atoms with E-state index in [4.69, 9.17) is 0 Å². The normalized spacial score (nSPS) is 9.33. The van der Waals surface area contributed by atoms with Crippen molar-refractivity contribution in [2.45, 2.75) is 6.42 Å². The smallest absolute Gasteiger partial charge is 0.170 e. The van der Waals surface area contributed by atoms with E-state index in [9.17, 15) is 9.59 Å². The molecule has 0 aliphatic heterocycles. The molecule has 0 fully saturated rings. The van der Waals surface area contributed by atoms with Gasteiger partial charge in [0.1, 0.15) is 0 Å². The number of rotatable bonds is 4. The minimum absolute atomic E-state index is 0. The number of carbonyl (C=O) groups is 2. The summed E-state index contributed by atoms with van der Waals surface area (Å²) < 4.78 is 0. The van der Waals surface area contributed by atoms with Crippen LogP contribution in [0.5, 0.6) is 0 Å². The standard InChI is InChI=1S/C15H12O2.Al/c16-14(12-7-3-1-4-8-12)11-15(17)13-9-5-2-6-10-13;/h1-10H,11H2;. The number of carbonyl (C=O) groups excluding carboxylic acids is 2. The Labute approximate surface area is 117 Å². The van der Waals surface area contributed by atoms with Gasteiger partial charge in [0.05, 0.1) is 6.42 Å². The Kier molecular flexibility index (Phi) is 5.51. The summed E-state index contributed by atoms with van der Waals surface area (Å²) in [6.07, 6.45) is -0.0754. The van der Waals surface area contributed by atoms with Gasteiger partial charge >= 0.3 is 0 Å². The number of hydrogen-bond donors (Lipinski definition) is 0. The highest BCUT2D eigenvalue weighted by molar-refractivity contribution is 6.13. The highest BCUT2D eigenvalue weighted by Crippen LogP contribution is 2.08. The third-order valence-corrected chi connectivity index (χ3v) is 2.51. The van der Waals surface area contributed by atoms with Gasteiger partial charge in [0.2, 0.25) is 0 Å². The van der Waals surface area contributed by atoms with Crippen LogP contribution in [0.4, 0.5) is 0 Å². The molecule has 2 aromatic carbocycles. The molecule has 2 aromatic rings. The van der Waals surface area contributed by atoms with E-state index >= 15 is 0 Å². The molecule has 18 heavy (non-hydrogen) atoms. The highest BCUT2D eigenvalue weighted by atomic mass is 27.0. The maximum Gasteiger partial charge on any atom is 0.170 e. The molecule has 0 saturated carbocycles. The molecule has 2 rings (SSSR count).